The second-order valence-electron chi connectivity index (χ2n) is 4.91. The lowest BCUT2D eigenvalue weighted by atomic mass is 9.91. The minimum absolute atomic E-state index is 0.267. The van der Waals surface area contributed by atoms with Crippen molar-refractivity contribution in [1.29, 1.82) is 0 Å². The van der Waals surface area contributed by atoms with Crippen LogP contribution in [0.5, 0.6) is 0 Å². The quantitative estimate of drug-likeness (QED) is 0.856. The number of aryl methyl sites for hydroxylation is 1. The Labute approximate surface area is 115 Å². The second-order valence-corrected chi connectivity index (χ2v) is 4.91. The first-order valence-electron chi connectivity index (χ1n) is 7.04. The van der Waals surface area contributed by atoms with Gasteiger partial charge in [-0.3, -0.25) is 4.98 Å². The molecular formula is C17H22N2. The molecular weight excluding hydrogens is 232 g/mol. The SMILES string of the molecule is CCCCc1ccc(C(CN)c2ccncc2)cc1. The Kier molecular flexibility index (Phi) is 5.10. The number of nitrogens with zero attached hydrogens (tertiary/aromatic N) is 1. The summed E-state index contributed by atoms with van der Waals surface area (Å²) in [6.45, 7) is 2.85. The van der Waals surface area contributed by atoms with Crippen LogP contribution in [0.1, 0.15) is 42.4 Å². The normalized spacial score (nSPS) is 12.3. The average Bonchev–Trinajstić information content (AvgIpc) is 2.48. The van der Waals surface area contributed by atoms with E-state index in [2.05, 4.69) is 36.2 Å². The Morgan fingerprint density at radius 2 is 1.63 bits per heavy atom. The summed E-state index contributed by atoms with van der Waals surface area (Å²) in [6.07, 6.45) is 7.31. The van der Waals surface area contributed by atoms with Crippen LogP contribution in [-0.4, -0.2) is 11.5 Å². The number of nitrogens with two attached hydrogens (primary N) is 1. The van der Waals surface area contributed by atoms with E-state index in [0.29, 0.717) is 6.54 Å². The van der Waals surface area contributed by atoms with Gasteiger partial charge in [-0.15, -0.1) is 0 Å². The van der Waals surface area contributed by atoms with Crippen molar-refractivity contribution in [1.82, 2.24) is 4.98 Å². The van der Waals surface area contributed by atoms with Crippen LogP contribution in [0.15, 0.2) is 48.8 Å². The second kappa shape index (κ2) is 7.05. The molecule has 1 aromatic carbocycles. The maximum absolute atomic E-state index is 5.93. The lowest BCUT2D eigenvalue weighted by molar-refractivity contribution is 0.790. The molecule has 0 amide bonds. The van der Waals surface area contributed by atoms with Crippen LogP contribution in [0.2, 0.25) is 0 Å². The third-order valence-electron chi connectivity index (χ3n) is 3.55. The third-order valence-corrected chi connectivity index (χ3v) is 3.55. The van der Waals surface area contributed by atoms with Crippen molar-refractivity contribution in [2.24, 2.45) is 5.73 Å². The summed E-state index contributed by atoms with van der Waals surface area (Å²) in [7, 11) is 0. The maximum Gasteiger partial charge on any atom is 0.0270 e. The van der Waals surface area contributed by atoms with Crippen LogP contribution >= 0.6 is 0 Å². The molecule has 0 aliphatic rings. The molecule has 2 N–H and O–H groups in total. The van der Waals surface area contributed by atoms with Crippen LogP contribution in [0, 0.1) is 0 Å². The molecule has 0 fully saturated rings. The number of hydrogen-bond acceptors (Lipinski definition) is 2. The predicted molar refractivity (Wildman–Crippen MR) is 80.2 cm³/mol. The Balaban J connectivity index is 2.15. The molecule has 0 saturated heterocycles. The summed E-state index contributed by atoms with van der Waals surface area (Å²) in [6, 6.07) is 13.0. The molecule has 0 spiro atoms. The highest BCUT2D eigenvalue weighted by Crippen LogP contribution is 2.23. The Morgan fingerprint density at radius 1 is 1.00 bits per heavy atom. The van der Waals surface area contributed by atoms with Gasteiger partial charge in [-0.25, -0.2) is 0 Å². The van der Waals surface area contributed by atoms with E-state index in [-0.39, 0.29) is 5.92 Å². The van der Waals surface area contributed by atoms with Crippen molar-refractivity contribution in [2.45, 2.75) is 32.1 Å². The fourth-order valence-corrected chi connectivity index (χ4v) is 2.36. The highest BCUT2D eigenvalue weighted by molar-refractivity contribution is 5.33. The van der Waals surface area contributed by atoms with Crippen LogP contribution < -0.4 is 5.73 Å². The highest BCUT2D eigenvalue weighted by atomic mass is 14.6. The van der Waals surface area contributed by atoms with Crippen molar-refractivity contribution >= 4 is 0 Å². The van der Waals surface area contributed by atoms with E-state index in [4.69, 9.17) is 5.73 Å². The van der Waals surface area contributed by atoms with E-state index in [0.717, 1.165) is 0 Å². The van der Waals surface area contributed by atoms with Crippen LogP contribution in [0.3, 0.4) is 0 Å². The van der Waals surface area contributed by atoms with Gasteiger partial charge in [0, 0.05) is 24.9 Å². The van der Waals surface area contributed by atoms with E-state index in [1.807, 2.05) is 24.5 Å². The van der Waals surface area contributed by atoms with Gasteiger partial charge < -0.3 is 5.73 Å². The first kappa shape index (κ1) is 13.8. The summed E-state index contributed by atoms with van der Waals surface area (Å²) in [5, 5.41) is 0. The summed E-state index contributed by atoms with van der Waals surface area (Å²) in [5.41, 5.74) is 9.87. The number of rotatable bonds is 6. The molecule has 0 saturated carbocycles. The fourth-order valence-electron chi connectivity index (χ4n) is 2.36. The Hall–Kier alpha value is -1.67. The van der Waals surface area contributed by atoms with Gasteiger partial charge in [0.1, 0.15) is 0 Å². The highest BCUT2D eigenvalue weighted by Gasteiger charge is 2.11. The van der Waals surface area contributed by atoms with Crippen molar-refractivity contribution in [3.8, 4) is 0 Å². The smallest absolute Gasteiger partial charge is 0.0270 e. The molecule has 2 rings (SSSR count). The molecule has 1 atom stereocenters. The van der Waals surface area contributed by atoms with Gasteiger partial charge in [-0.2, -0.15) is 0 Å². The Bertz CT molecular complexity index is 476. The van der Waals surface area contributed by atoms with Crippen molar-refractivity contribution in [3.05, 3.63) is 65.5 Å². The number of benzene rings is 1. The average molecular weight is 254 g/mol. The van der Waals surface area contributed by atoms with E-state index >= 15 is 0 Å². The lowest BCUT2D eigenvalue weighted by Gasteiger charge is -2.16. The van der Waals surface area contributed by atoms with Gasteiger partial charge in [0.15, 0.2) is 0 Å². The Morgan fingerprint density at radius 3 is 2.21 bits per heavy atom. The van der Waals surface area contributed by atoms with Crippen molar-refractivity contribution in [2.75, 3.05) is 6.54 Å². The van der Waals surface area contributed by atoms with E-state index in [1.54, 1.807) is 0 Å². The maximum atomic E-state index is 5.93. The standard InChI is InChI=1S/C17H22N2/c1-2-3-4-14-5-7-15(8-6-14)17(13-18)16-9-11-19-12-10-16/h5-12,17H,2-4,13,18H2,1H3. The molecule has 1 unspecified atom stereocenters. The van der Waals surface area contributed by atoms with E-state index in [1.165, 1.54) is 36.0 Å². The van der Waals surface area contributed by atoms with Gasteiger partial charge >= 0.3 is 0 Å². The fraction of sp³-hybridized carbons (Fsp3) is 0.353. The summed E-state index contributed by atoms with van der Waals surface area (Å²) in [5.74, 6) is 0.267. The minimum atomic E-state index is 0.267. The van der Waals surface area contributed by atoms with Crippen molar-refractivity contribution < 1.29 is 0 Å². The van der Waals surface area contributed by atoms with E-state index < -0.39 is 0 Å². The number of hydrogen-bond donors (Lipinski definition) is 1. The summed E-state index contributed by atoms with van der Waals surface area (Å²) < 4.78 is 0. The third kappa shape index (κ3) is 3.65. The van der Waals surface area contributed by atoms with Gasteiger partial charge in [-0.1, -0.05) is 37.6 Å². The lowest BCUT2D eigenvalue weighted by Crippen LogP contribution is -2.13. The van der Waals surface area contributed by atoms with Crippen LogP contribution in [0.4, 0.5) is 0 Å². The topological polar surface area (TPSA) is 38.9 Å². The van der Waals surface area contributed by atoms with E-state index in [9.17, 15) is 0 Å². The molecule has 1 aromatic heterocycles. The zero-order valence-corrected chi connectivity index (χ0v) is 11.5. The minimum Gasteiger partial charge on any atom is -0.330 e. The molecule has 0 bridgehead atoms. The number of aromatic nitrogens is 1. The number of unbranched alkanes of at least 4 members (excludes halogenated alkanes) is 1. The number of pyridine rings is 1. The largest absolute Gasteiger partial charge is 0.330 e. The van der Waals surface area contributed by atoms with Crippen LogP contribution in [0.25, 0.3) is 0 Å². The first-order chi connectivity index (χ1) is 9.35. The first-order valence-corrected chi connectivity index (χ1v) is 7.04. The summed E-state index contributed by atoms with van der Waals surface area (Å²) >= 11 is 0. The predicted octanol–water partition coefficient (Wildman–Crippen LogP) is 3.51. The molecule has 2 heteroatoms. The van der Waals surface area contributed by atoms with Gasteiger partial charge in [0.2, 0.25) is 0 Å². The molecule has 0 radical (unpaired) electrons. The zero-order chi connectivity index (χ0) is 13.5. The zero-order valence-electron chi connectivity index (χ0n) is 11.5. The molecule has 100 valence electrons. The molecule has 2 aromatic rings. The van der Waals surface area contributed by atoms with Gasteiger partial charge in [-0.05, 0) is 41.7 Å². The van der Waals surface area contributed by atoms with Gasteiger partial charge in [0.25, 0.3) is 0 Å². The molecule has 2 nitrogen and oxygen atoms in total. The molecule has 19 heavy (non-hydrogen) atoms. The monoisotopic (exact) mass is 254 g/mol. The molecule has 1 heterocycles. The van der Waals surface area contributed by atoms with Crippen molar-refractivity contribution in [3.63, 3.8) is 0 Å². The molecule has 0 aliphatic carbocycles. The summed E-state index contributed by atoms with van der Waals surface area (Å²) in [4.78, 5) is 4.06. The molecule has 0 aliphatic heterocycles. The van der Waals surface area contributed by atoms with Gasteiger partial charge in [0.05, 0.1) is 0 Å². The van der Waals surface area contributed by atoms with Crippen LogP contribution in [-0.2, 0) is 6.42 Å².